The number of rotatable bonds is 7. The summed E-state index contributed by atoms with van der Waals surface area (Å²) in [6, 6.07) is 5.28. The number of sulfonamides is 1. The first-order valence-corrected chi connectivity index (χ1v) is 10.1. The molecule has 0 aliphatic heterocycles. The van der Waals surface area contributed by atoms with Crippen LogP contribution in [0.3, 0.4) is 0 Å². The molecule has 0 aliphatic rings. The Morgan fingerprint density at radius 1 is 1.27 bits per heavy atom. The standard InChI is InChI=1S/C16H19N3O5S2/c1-4-5-12-8-15(25-11(12)3)16(20)17-18-26(23,24)13-7-6-10(2)14(9-13)19(21)22/h6-9,18H,4-5H2,1-3H3,(H,17,20). The van der Waals surface area contributed by atoms with E-state index >= 15 is 0 Å². The van der Waals surface area contributed by atoms with E-state index in [1.807, 2.05) is 18.7 Å². The van der Waals surface area contributed by atoms with Crippen molar-refractivity contribution in [3.05, 3.63) is 55.3 Å². The zero-order chi connectivity index (χ0) is 19.5. The van der Waals surface area contributed by atoms with Crippen molar-refractivity contribution < 1.29 is 18.1 Å². The maximum atomic E-state index is 12.3. The van der Waals surface area contributed by atoms with Crippen LogP contribution in [0.2, 0.25) is 0 Å². The summed E-state index contributed by atoms with van der Waals surface area (Å²) in [5.41, 5.74) is 3.24. The van der Waals surface area contributed by atoms with E-state index in [2.05, 4.69) is 5.43 Å². The van der Waals surface area contributed by atoms with Crippen molar-refractivity contribution in [2.24, 2.45) is 0 Å². The van der Waals surface area contributed by atoms with Crippen molar-refractivity contribution in [3.63, 3.8) is 0 Å². The number of thiophene rings is 1. The number of benzene rings is 1. The Morgan fingerprint density at radius 3 is 2.58 bits per heavy atom. The van der Waals surface area contributed by atoms with E-state index in [1.165, 1.54) is 30.4 Å². The number of nitro groups is 1. The normalized spacial score (nSPS) is 11.3. The quantitative estimate of drug-likeness (QED) is 0.550. The smallest absolute Gasteiger partial charge is 0.273 e. The van der Waals surface area contributed by atoms with Crippen molar-refractivity contribution in [3.8, 4) is 0 Å². The summed E-state index contributed by atoms with van der Waals surface area (Å²) in [6.07, 6.45) is 1.78. The van der Waals surface area contributed by atoms with Gasteiger partial charge in [0.2, 0.25) is 0 Å². The van der Waals surface area contributed by atoms with Crippen molar-refractivity contribution in [1.82, 2.24) is 10.3 Å². The van der Waals surface area contributed by atoms with Gasteiger partial charge in [-0.2, -0.15) is 0 Å². The molecule has 0 saturated heterocycles. The molecule has 0 spiro atoms. The second kappa shape index (κ2) is 7.94. The van der Waals surface area contributed by atoms with E-state index in [9.17, 15) is 23.3 Å². The average molecular weight is 397 g/mol. The number of aryl methyl sites for hydroxylation is 3. The number of carbonyl (C=O) groups is 1. The summed E-state index contributed by atoms with van der Waals surface area (Å²) >= 11 is 1.28. The molecule has 1 aromatic carbocycles. The monoisotopic (exact) mass is 397 g/mol. The van der Waals surface area contributed by atoms with Crippen molar-refractivity contribution in [1.29, 1.82) is 0 Å². The maximum absolute atomic E-state index is 12.3. The van der Waals surface area contributed by atoms with Gasteiger partial charge in [-0.15, -0.1) is 16.2 Å². The lowest BCUT2D eigenvalue weighted by Crippen LogP contribution is -2.41. The van der Waals surface area contributed by atoms with Gasteiger partial charge in [0.25, 0.3) is 21.6 Å². The number of hydrogen-bond acceptors (Lipinski definition) is 6. The lowest BCUT2D eigenvalue weighted by Gasteiger charge is -2.08. The molecule has 8 nitrogen and oxygen atoms in total. The number of amides is 1. The van der Waals surface area contributed by atoms with Crippen LogP contribution in [-0.4, -0.2) is 19.2 Å². The summed E-state index contributed by atoms with van der Waals surface area (Å²) in [4.78, 5) is 25.6. The molecular weight excluding hydrogens is 378 g/mol. The van der Waals surface area contributed by atoms with Gasteiger partial charge in [0.15, 0.2) is 0 Å². The minimum Gasteiger partial charge on any atom is -0.273 e. The average Bonchev–Trinajstić information content (AvgIpc) is 2.94. The summed E-state index contributed by atoms with van der Waals surface area (Å²) in [6.45, 7) is 5.45. The number of nitrogens with zero attached hydrogens (tertiary/aromatic N) is 1. The number of carbonyl (C=O) groups excluding carboxylic acids is 1. The Labute approximate surface area is 155 Å². The summed E-state index contributed by atoms with van der Waals surface area (Å²) < 4.78 is 24.6. The van der Waals surface area contributed by atoms with Crippen LogP contribution in [0.4, 0.5) is 5.69 Å². The van der Waals surface area contributed by atoms with Gasteiger partial charge < -0.3 is 0 Å². The Bertz CT molecular complexity index is 951. The number of nitro benzene ring substituents is 1. The number of nitrogens with one attached hydrogen (secondary N) is 2. The third kappa shape index (κ3) is 4.45. The fourth-order valence-corrected chi connectivity index (χ4v) is 4.16. The van der Waals surface area contributed by atoms with E-state index in [0.29, 0.717) is 10.4 Å². The Hall–Kier alpha value is -2.30. The van der Waals surface area contributed by atoms with Crippen LogP contribution < -0.4 is 10.3 Å². The predicted molar refractivity (Wildman–Crippen MR) is 98.7 cm³/mol. The molecule has 2 aromatic rings. The summed E-state index contributed by atoms with van der Waals surface area (Å²) in [5, 5.41) is 11.0. The van der Waals surface area contributed by atoms with Crippen LogP contribution in [0.5, 0.6) is 0 Å². The SMILES string of the molecule is CCCc1cc(C(=O)NNS(=O)(=O)c2ccc(C)c([N+](=O)[O-])c2)sc1C. The summed E-state index contributed by atoms with van der Waals surface area (Å²) in [5.74, 6) is -0.578. The molecule has 0 radical (unpaired) electrons. The fraction of sp³-hybridized carbons (Fsp3) is 0.312. The Kier molecular flexibility index (Phi) is 6.11. The molecule has 0 unspecified atom stereocenters. The van der Waals surface area contributed by atoms with Gasteiger partial charge in [0.1, 0.15) is 0 Å². The molecule has 10 heteroatoms. The maximum Gasteiger partial charge on any atom is 0.276 e. The first-order valence-electron chi connectivity index (χ1n) is 7.82. The van der Waals surface area contributed by atoms with Gasteiger partial charge in [0, 0.05) is 16.5 Å². The molecule has 0 atom stereocenters. The zero-order valence-corrected chi connectivity index (χ0v) is 16.2. The minimum absolute atomic E-state index is 0.302. The van der Waals surface area contributed by atoms with Gasteiger partial charge in [-0.25, -0.2) is 8.42 Å². The molecule has 0 fully saturated rings. The Balaban J connectivity index is 2.15. The second-order valence-electron chi connectivity index (χ2n) is 5.71. The van der Waals surface area contributed by atoms with E-state index in [4.69, 9.17) is 0 Å². The van der Waals surface area contributed by atoms with E-state index in [0.717, 1.165) is 29.3 Å². The summed E-state index contributed by atoms with van der Waals surface area (Å²) in [7, 11) is -4.13. The molecule has 1 aromatic heterocycles. The molecule has 2 N–H and O–H groups in total. The highest BCUT2D eigenvalue weighted by Crippen LogP contribution is 2.23. The van der Waals surface area contributed by atoms with Crippen LogP contribution >= 0.6 is 11.3 Å². The van der Waals surface area contributed by atoms with Gasteiger partial charge in [0.05, 0.1) is 14.7 Å². The first kappa shape index (κ1) is 20.0. The van der Waals surface area contributed by atoms with Crippen LogP contribution in [0.1, 0.15) is 39.0 Å². The van der Waals surface area contributed by atoms with Crippen LogP contribution in [0.25, 0.3) is 0 Å². The molecule has 0 aliphatic carbocycles. The predicted octanol–water partition coefficient (Wildman–Crippen LogP) is 2.85. The van der Waals surface area contributed by atoms with Crippen LogP contribution in [-0.2, 0) is 16.4 Å². The van der Waals surface area contributed by atoms with Gasteiger partial charge in [-0.1, -0.05) is 19.4 Å². The third-order valence-electron chi connectivity index (χ3n) is 3.75. The molecule has 0 bridgehead atoms. The number of hydrazine groups is 1. The molecule has 0 saturated carbocycles. The molecule has 140 valence electrons. The van der Waals surface area contributed by atoms with Crippen molar-refractivity contribution in [2.45, 2.75) is 38.5 Å². The fourth-order valence-electron chi connectivity index (χ4n) is 2.34. The first-order chi connectivity index (χ1) is 12.2. The molecule has 1 amide bonds. The molecular formula is C16H19N3O5S2. The van der Waals surface area contributed by atoms with Crippen molar-refractivity contribution in [2.75, 3.05) is 0 Å². The highest BCUT2D eigenvalue weighted by molar-refractivity contribution is 7.89. The highest BCUT2D eigenvalue weighted by atomic mass is 32.2. The Morgan fingerprint density at radius 2 is 1.96 bits per heavy atom. The van der Waals surface area contributed by atoms with E-state index in [1.54, 1.807) is 6.07 Å². The molecule has 26 heavy (non-hydrogen) atoms. The van der Waals surface area contributed by atoms with Gasteiger partial charge in [-0.05, 0) is 38.0 Å². The molecule has 2 rings (SSSR count). The highest BCUT2D eigenvalue weighted by Gasteiger charge is 2.21. The minimum atomic E-state index is -4.13. The van der Waals surface area contributed by atoms with E-state index in [-0.39, 0.29) is 10.6 Å². The van der Waals surface area contributed by atoms with Gasteiger partial charge >= 0.3 is 0 Å². The van der Waals surface area contributed by atoms with Crippen molar-refractivity contribution >= 4 is 33.0 Å². The zero-order valence-electron chi connectivity index (χ0n) is 14.5. The lowest BCUT2D eigenvalue weighted by atomic mass is 10.1. The topological polar surface area (TPSA) is 118 Å². The van der Waals surface area contributed by atoms with Crippen LogP contribution in [0.15, 0.2) is 29.2 Å². The van der Waals surface area contributed by atoms with E-state index < -0.39 is 20.9 Å². The van der Waals surface area contributed by atoms with Gasteiger partial charge in [-0.3, -0.25) is 20.3 Å². The largest absolute Gasteiger partial charge is 0.276 e. The van der Waals surface area contributed by atoms with Crippen LogP contribution in [0, 0.1) is 24.0 Å². The number of hydrogen-bond donors (Lipinski definition) is 2. The molecule has 1 heterocycles. The third-order valence-corrected chi connectivity index (χ3v) is 6.09. The second-order valence-corrected chi connectivity index (χ2v) is 8.65. The lowest BCUT2D eigenvalue weighted by molar-refractivity contribution is -0.385.